The highest BCUT2D eigenvalue weighted by atomic mass is 79.9. The molecule has 4 rings (SSSR count). The SMILES string of the molecule is O=C1c2cc(Br)ccc2C(OCC2(CO)CC2)N1c1ccc(Cl)cc1. The van der Waals surface area contributed by atoms with E-state index in [1.165, 1.54) is 0 Å². The summed E-state index contributed by atoms with van der Waals surface area (Å²) < 4.78 is 7.00. The molecule has 0 radical (unpaired) electrons. The van der Waals surface area contributed by atoms with Gasteiger partial charge in [0, 0.05) is 31.7 Å². The van der Waals surface area contributed by atoms with Crippen molar-refractivity contribution < 1.29 is 14.6 Å². The summed E-state index contributed by atoms with van der Waals surface area (Å²) >= 11 is 9.41. The Morgan fingerprint density at radius 3 is 2.60 bits per heavy atom. The van der Waals surface area contributed by atoms with E-state index in [1.807, 2.05) is 30.3 Å². The van der Waals surface area contributed by atoms with Gasteiger partial charge in [-0.3, -0.25) is 9.69 Å². The third-order valence-corrected chi connectivity index (χ3v) is 5.66. The van der Waals surface area contributed by atoms with Crippen molar-refractivity contribution in [3.05, 3.63) is 63.1 Å². The van der Waals surface area contributed by atoms with Crippen LogP contribution in [0, 0.1) is 5.41 Å². The molecule has 1 amide bonds. The fourth-order valence-corrected chi connectivity index (χ4v) is 3.59. The highest BCUT2D eigenvalue weighted by Crippen LogP contribution is 2.47. The Bertz CT molecular complexity index is 820. The normalized spacial score (nSPS) is 20.7. The molecule has 0 bridgehead atoms. The predicted octanol–water partition coefficient (Wildman–Crippen LogP) is 4.55. The van der Waals surface area contributed by atoms with Crippen molar-refractivity contribution in [2.24, 2.45) is 5.41 Å². The molecule has 0 aromatic heterocycles. The number of aliphatic hydroxyl groups is 1. The lowest BCUT2D eigenvalue weighted by Crippen LogP contribution is -2.31. The zero-order chi connectivity index (χ0) is 17.6. The predicted molar refractivity (Wildman–Crippen MR) is 99.8 cm³/mol. The average molecular weight is 423 g/mol. The minimum absolute atomic E-state index is 0.0996. The van der Waals surface area contributed by atoms with E-state index in [0.29, 0.717) is 17.2 Å². The summed E-state index contributed by atoms with van der Waals surface area (Å²) in [5.74, 6) is -0.0996. The number of nitrogens with zero attached hydrogens (tertiary/aromatic N) is 1. The van der Waals surface area contributed by atoms with E-state index in [2.05, 4.69) is 15.9 Å². The molecule has 130 valence electrons. The van der Waals surface area contributed by atoms with Crippen molar-refractivity contribution >= 4 is 39.1 Å². The number of halogens is 2. The number of hydrogen-bond donors (Lipinski definition) is 1. The fraction of sp³-hybridized carbons (Fsp3) is 0.316. The Morgan fingerprint density at radius 2 is 1.96 bits per heavy atom. The monoisotopic (exact) mass is 421 g/mol. The maximum absolute atomic E-state index is 13.0. The van der Waals surface area contributed by atoms with Crippen LogP contribution in [-0.2, 0) is 4.74 Å². The number of aliphatic hydroxyl groups excluding tert-OH is 1. The lowest BCUT2D eigenvalue weighted by Gasteiger charge is -2.27. The van der Waals surface area contributed by atoms with E-state index in [1.54, 1.807) is 17.0 Å². The molecule has 1 aliphatic carbocycles. The minimum atomic E-state index is -0.499. The van der Waals surface area contributed by atoms with E-state index in [-0.39, 0.29) is 17.9 Å². The first-order valence-electron chi connectivity index (χ1n) is 8.14. The molecule has 4 nitrogen and oxygen atoms in total. The Balaban J connectivity index is 1.70. The molecule has 1 unspecified atom stereocenters. The van der Waals surface area contributed by atoms with Crippen molar-refractivity contribution in [1.29, 1.82) is 0 Å². The topological polar surface area (TPSA) is 49.8 Å². The number of amides is 1. The molecule has 1 N–H and O–H groups in total. The second-order valence-electron chi connectivity index (χ2n) is 6.70. The van der Waals surface area contributed by atoms with Gasteiger partial charge in [-0.15, -0.1) is 0 Å². The van der Waals surface area contributed by atoms with Crippen molar-refractivity contribution in [2.45, 2.75) is 19.1 Å². The highest BCUT2D eigenvalue weighted by molar-refractivity contribution is 9.10. The Morgan fingerprint density at radius 1 is 1.24 bits per heavy atom. The third kappa shape index (κ3) is 3.10. The lowest BCUT2D eigenvalue weighted by atomic mass is 10.1. The zero-order valence-corrected chi connectivity index (χ0v) is 15.8. The van der Waals surface area contributed by atoms with Crippen molar-refractivity contribution in [3.8, 4) is 0 Å². The van der Waals surface area contributed by atoms with Crippen LogP contribution in [0.1, 0.15) is 35.0 Å². The van der Waals surface area contributed by atoms with Crippen LogP contribution in [0.2, 0.25) is 5.02 Å². The molecule has 1 fully saturated rings. The Hall–Kier alpha value is -1.40. The summed E-state index contributed by atoms with van der Waals surface area (Å²) in [5.41, 5.74) is 2.06. The summed E-state index contributed by atoms with van der Waals surface area (Å²) in [6, 6.07) is 12.8. The summed E-state index contributed by atoms with van der Waals surface area (Å²) in [7, 11) is 0. The minimum Gasteiger partial charge on any atom is -0.396 e. The van der Waals surface area contributed by atoms with Gasteiger partial charge in [0.1, 0.15) is 0 Å². The molecule has 1 aliphatic heterocycles. The molecule has 2 aliphatic rings. The van der Waals surface area contributed by atoms with E-state index in [4.69, 9.17) is 16.3 Å². The maximum Gasteiger partial charge on any atom is 0.261 e. The van der Waals surface area contributed by atoms with Gasteiger partial charge in [0.25, 0.3) is 5.91 Å². The average Bonchev–Trinajstić information content (AvgIpc) is 3.35. The summed E-state index contributed by atoms with van der Waals surface area (Å²) in [5, 5.41) is 10.2. The highest BCUT2D eigenvalue weighted by Gasteiger charge is 2.45. The van der Waals surface area contributed by atoms with E-state index >= 15 is 0 Å². The molecule has 1 atom stereocenters. The molecule has 2 aromatic carbocycles. The molecule has 1 heterocycles. The Labute approximate surface area is 159 Å². The van der Waals surface area contributed by atoms with Gasteiger partial charge < -0.3 is 9.84 Å². The van der Waals surface area contributed by atoms with Gasteiger partial charge in [-0.25, -0.2) is 0 Å². The molecule has 2 aromatic rings. The van der Waals surface area contributed by atoms with Crippen LogP contribution in [0.3, 0.4) is 0 Å². The standard InChI is InChI=1S/C19H17BrClNO3/c20-12-1-6-15-16(9-12)17(24)22(14-4-2-13(21)3-5-14)18(15)25-11-19(10-23)7-8-19/h1-6,9,18,23H,7-8,10-11H2. The van der Waals surface area contributed by atoms with Gasteiger partial charge in [0.05, 0.1) is 13.2 Å². The van der Waals surface area contributed by atoms with E-state index < -0.39 is 6.23 Å². The molecular formula is C19H17BrClNO3. The van der Waals surface area contributed by atoms with E-state index in [0.717, 1.165) is 28.6 Å². The number of benzene rings is 2. The Kier molecular flexibility index (Phi) is 4.36. The molecule has 1 saturated carbocycles. The second-order valence-corrected chi connectivity index (χ2v) is 8.06. The van der Waals surface area contributed by atoms with Crippen LogP contribution in [0.25, 0.3) is 0 Å². The van der Waals surface area contributed by atoms with Gasteiger partial charge in [0.15, 0.2) is 6.23 Å². The molecule has 0 spiro atoms. The second kappa shape index (κ2) is 6.40. The smallest absolute Gasteiger partial charge is 0.261 e. The number of ether oxygens (including phenoxy) is 1. The van der Waals surface area contributed by atoms with Gasteiger partial charge >= 0.3 is 0 Å². The van der Waals surface area contributed by atoms with E-state index in [9.17, 15) is 9.90 Å². The first kappa shape index (κ1) is 17.0. The first-order valence-corrected chi connectivity index (χ1v) is 9.31. The van der Waals surface area contributed by atoms with Gasteiger partial charge in [-0.05, 0) is 49.2 Å². The van der Waals surface area contributed by atoms with Gasteiger partial charge in [-0.2, -0.15) is 0 Å². The first-order chi connectivity index (χ1) is 12.0. The molecule has 25 heavy (non-hydrogen) atoms. The van der Waals surface area contributed by atoms with Crippen molar-refractivity contribution in [1.82, 2.24) is 0 Å². The third-order valence-electron chi connectivity index (χ3n) is 4.91. The van der Waals surface area contributed by atoms with Gasteiger partial charge in [-0.1, -0.05) is 33.6 Å². The van der Waals surface area contributed by atoms with Crippen molar-refractivity contribution in [2.75, 3.05) is 18.1 Å². The van der Waals surface area contributed by atoms with Gasteiger partial charge in [0.2, 0.25) is 0 Å². The number of carbonyl (C=O) groups is 1. The molecule has 0 saturated heterocycles. The number of hydrogen-bond acceptors (Lipinski definition) is 3. The van der Waals surface area contributed by atoms with Crippen LogP contribution >= 0.6 is 27.5 Å². The summed E-state index contributed by atoms with van der Waals surface area (Å²) in [6.45, 7) is 0.544. The van der Waals surface area contributed by atoms with Crippen LogP contribution in [-0.4, -0.2) is 24.2 Å². The van der Waals surface area contributed by atoms with Crippen LogP contribution in [0.5, 0.6) is 0 Å². The van der Waals surface area contributed by atoms with Crippen LogP contribution in [0.15, 0.2) is 46.9 Å². The quantitative estimate of drug-likeness (QED) is 0.769. The lowest BCUT2D eigenvalue weighted by molar-refractivity contribution is 0.00840. The number of rotatable bonds is 5. The maximum atomic E-state index is 13.0. The van der Waals surface area contributed by atoms with Crippen molar-refractivity contribution in [3.63, 3.8) is 0 Å². The molecular weight excluding hydrogens is 406 g/mol. The van der Waals surface area contributed by atoms with Crippen LogP contribution in [0.4, 0.5) is 5.69 Å². The largest absolute Gasteiger partial charge is 0.396 e. The fourth-order valence-electron chi connectivity index (χ4n) is 3.10. The zero-order valence-electron chi connectivity index (χ0n) is 13.4. The number of anilines is 1. The number of carbonyl (C=O) groups excluding carboxylic acids is 1. The summed E-state index contributed by atoms with van der Waals surface area (Å²) in [6.07, 6.45) is 1.41. The molecule has 6 heteroatoms. The van der Waals surface area contributed by atoms with Crippen LogP contribution < -0.4 is 4.90 Å². The number of fused-ring (bicyclic) bond motifs is 1. The summed E-state index contributed by atoms with van der Waals surface area (Å²) in [4.78, 5) is 14.7.